The molecule has 1 saturated heterocycles. The first kappa shape index (κ1) is 11.5. The lowest BCUT2D eigenvalue weighted by Crippen LogP contribution is -2.39. The SMILES string of the molecule is O=C(C1CCOC1)N1CCc2ccc(O)cc2C1. The van der Waals surface area contributed by atoms with Gasteiger partial charge >= 0.3 is 0 Å². The zero-order valence-electron chi connectivity index (χ0n) is 10.3. The lowest BCUT2D eigenvalue weighted by atomic mass is 9.97. The highest BCUT2D eigenvalue weighted by Crippen LogP contribution is 2.25. The number of hydrogen-bond acceptors (Lipinski definition) is 3. The molecule has 1 N–H and O–H groups in total. The smallest absolute Gasteiger partial charge is 0.228 e. The van der Waals surface area contributed by atoms with E-state index >= 15 is 0 Å². The molecule has 4 nitrogen and oxygen atoms in total. The van der Waals surface area contributed by atoms with E-state index in [0.29, 0.717) is 19.8 Å². The Morgan fingerprint density at radius 2 is 2.28 bits per heavy atom. The average molecular weight is 247 g/mol. The lowest BCUT2D eigenvalue weighted by molar-refractivity contribution is -0.136. The predicted octanol–water partition coefficient (Wildman–Crippen LogP) is 1.31. The zero-order valence-corrected chi connectivity index (χ0v) is 10.3. The number of carbonyl (C=O) groups is 1. The highest BCUT2D eigenvalue weighted by Gasteiger charge is 2.29. The number of nitrogens with zero attached hydrogens (tertiary/aromatic N) is 1. The van der Waals surface area contributed by atoms with Crippen LogP contribution in [0.3, 0.4) is 0 Å². The molecule has 0 saturated carbocycles. The van der Waals surface area contributed by atoms with Gasteiger partial charge in [0, 0.05) is 19.7 Å². The number of aromatic hydroxyl groups is 1. The van der Waals surface area contributed by atoms with E-state index in [0.717, 1.165) is 24.9 Å². The minimum atomic E-state index is 0.0314. The summed E-state index contributed by atoms with van der Waals surface area (Å²) >= 11 is 0. The van der Waals surface area contributed by atoms with Gasteiger partial charge in [0.15, 0.2) is 0 Å². The molecule has 96 valence electrons. The topological polar surface area (TPSA) is 49.8 Å². The van der Waals surface area contributed by atoms with E-state index in [2.05, 4.69) is 0 Å². The Kier molecular flexibility index (Phi) is 2.96. The molecule has 2 heterocycles. The number of fused-ring (bicyclic) bond motifs is 1. The zero-order chi connectivity index (χ0) is 12.5. The monoisotopic (exact) mass is 247 g/mol. The largest absolute Gasteiger partial charge is 0.508 e. The summed E-state index contributed by atoms with van der Waals surface area (Å²) < 4.78 is 5.27. The summed E-state index contributed by atoms with van der Waals surface area (Å²) in [4.78, 5) is 14.2. The maximum atomic E-state index is 12.3. The van der Waals surface area contributed by atoms with Crippen LogP contribution >= 0.6 is 0 Å². The number of ether oxygens (including phenoxy) is 1. The summed E-state index contributed by atoms with van der Waals surface area (Å²) in [6.45, 7) is 2.63. The van der Waals surface area contributed by atoms with E-state index in [-0.39, 0.29) is 17.6 Å². The Balaban J connectivity index is 1.75. The second kappa shape index (κ2) is 4.61. The van der Waals surface area contributed by atoms with Crippen LogP contribution in [-0.2, 0) is 22.5 Å². The van der Waals surface area contributed by atoms with Gasteiger partial charge in [-0.05, 0) is 36.1 Å². The maximum Gasteiger partial charge on any atom is 0.228 e. The normalized spacial score (nSPS) is 22.9. The fourth-order valence-corrected chi connectivity index (χ4v) is 2.72. The summed E-state index contributed by atoms with van der Waals surface area (Å²) in [5, 5.41) is 9.50. The molecule has 1 atom stereocenters. The van der Waals surface area contributed by atoms with Crippen LogP contribution < -0.4 is 0 Å². The average Bonchev–Trinajstić information content (AvgIpc) is 2.90. The second-order valence-electron chi connectivity index (χ2n) is 5.02. The van der Waals surface area contributed by atoms with Crippen LogP contribution in [0.1, 0.15) is 17.5 Å². The van der Waals surface area contributed by atoms with Gasteiger partial charge in [0.25, 0.3) is 0 Å². The van der Waals surface area contributed by atoms with Gasteiger partial charge in [0.2, 0.25) is 5.91 Å². The Morgan fingerprint density at radius 3 is 3.06 bits per heavy atom. The van der Waals surface area contributed by atoms with E-state index in [4.69, 9.17) is 4.74 Å². The molecule has 18 heavy (non-hydrogen) atoms. The molecule has 1 aromatic rings. The molecule has 0 aliphatic carbocycles. The molecule has 0 radical (unpaired) electrons. The minimum absolute atomic E-state index is 0.0314. The first-order valence-electron chi connectivity index (χ1n) is 6.41. The third kappa shape index (κ3) is 2.08. The number of carbonyl (C=O) groups excluding carboxylic acids is 1. The summed E-state index contributed by atoms with van der Waals surface area (Å²) in [5.74, 6) is 0.498. The van der Waals surface area contributed by atoms with Crippen molar-refractivity contribution in [3.05, 3.63) is 29.3 Å². The van der Waals surface area contributed by atoms with Gasteiger partial charge in [0.05, 0.1) is 12.5 Å². The number of phenolic OH excluding ortho intramolecular Hbond substituents is 1. The van der Waals surface area contributed by atoms with Gasteiger partial charge in [-0.15, -0.1) is 0 Å². The van der Waals surface area contributed by atoms with E-state index in [1.807, 2.05) is 11.0 Å². The molecule has 0 aromatic heterocycles. The van der Waals surface area contributed by atoms with Crippen molar-refractivity contribution in [2.45, 2.75) is 19.4 Å². The lowest BCUT2D eigenvalue weighted by Gasteiger charge is -2.30. The number of phenols is 1. The van der Waals surface area contributed by atoms with Crippen LogP contribution in [-0.4, -0.2) is 35.7 Å². The molecule has 0 spiro atoms. The predicted molar refractivity (Wildman–Crippen MR) is 66.2 cm³/mol. The molecule has 2 aliphatic rings. The molecule has 2 aliphatic heterocycles. The Labute approximate surface area is 106 Å². The van der Waals surface area contributed by atoms with Crippen molar-refractivity contribution in [1.82, 2.24) is 4.90 Å². The van der Waals surface area contributed by atoms with Crippen molar-refractivity contribution in [3.8, 4) is 5.75 Å². The van der Waals surface area contributed by atoms with Crippen molar-refractivity contribution in [2.75, 3.05) is 19.8 Å². The second-order valence-corrected chi connectivity index (χ2v) is 5.02. The van der Waals surface area contributed by atoms with E-state index in [1.54, 1.807) is 12.1 Å². The Morgan fingerprint density at radius 1 is 1.39 bits per heavy atom. The standard InChI is InChI=1S/C14H17NO3/c16-13-2-1-10-3-5-15(8-12(10)7-13)14(17)11-4-6-18-9-11/h1-2,7,11,16H,3-6,8-9H2. The fraction of sp³-hybridized carbons (Fsp3) is 0.500. The van der Waals surface area contributed by atoms with Crippen LogP contribution in [0.2, 0.25) is 0 Å². The van der Waals surface area contributed by atoms with Crippen molar-refractivity contribution < 1.29 is 14.6 Å². The summed E-state index contributed by atoms with van der Waals surface area (Å²) in [6.07, 6.45) is 1.71. The van der Waals surface area contributed by atoms with Crippen molar-refractivity contribution in [1.29, 1.82) is 0 Å². The summed E-state index contributed by atoms with van der Waals surface area (Å²) in [5.41, 5.74) is 2.30. The molecular weight excluding hydrogens is 230 g/mol. The molecule has 1 amide bonds. The maximum absolute atomic E-state index is 12.3. The van der Waals surface area contributed by atoms with Gasteiger partial charge in [0.1, 0.15) is 5.75 Å². The molecule has 4 heteroatoms. The van der Waals surface area contributed by atoms with Crippen LogP contribution in [0, 0.1) is 5.92 Å². The highest BCUT2D eigenvalue weighted by atomic mass is 16.5. The molecule has 0 bridgehead atoms. The van der Waals surface area contributed by atoms with Crippen LogP contribution in [0.15, 0.2) is 18.2 Å². The third-order valence-corrected chi connectivity index (χ3v) is 3.79. The first-order valence-corrected chi connectivity index (χ1v) is 6.41. The Bertz CT molecular complexity index is 466. The molecular formula is C14H17NO3. The first-order chi connectivity index (χ1) is 8.74. The highest BCUT2D eigenvalue weighted by molar-refractivity contribution is 5.79. The Hall–Kier alpha value is -1.55. The van der Waals surface area contributed by atoms with E-state index in [1.165, 1.54) is 5.56 Å². The van der Waals surface area contributed by atoms with Crippen LogP contribution in [0.25, 0.3) is 0 Å². The van der Waals surface area contributed by atoms with Gasteiger partial charge in [-0.2, -0.15) is 0 Å². The van der Waals surface area contributed by atoms with Crippen molar-refractivity contribution >= 4 is 5.91 Å². The van der Waals surface area contributed by atoms with Gasteiger partial charge in [-0.25, -0.2) is 0 Å². The fourth-order valence-electron chi connectivity index (χ4n) is 2.72. The van der Waals surface area contributed by atoms with Crippen LogP contribution in [0.4, 0.5) is 0 Å². The number of amides is 1. The number of benzene rings is 1. The van der Waals surface area contributed by atoms with E-state index < -0.39 is 0 Å². The molecule has 3 rings (SSSR count). The molecule has 1 fully saturated rings. The van der Waals surface area contributed by atoms with Gasteiger partial charge in [-0.1, -0.05) is 6.07 Å². The minimum Gasteiger partial charge on any atom is -0.508 e. The summed E-state index contributed by atoms with van der Waals surface area (Å²) in [6, 6.07) is 5.42. The molecule has 1 aromatic carbocycles. The van der Waals surface area contributed by atoms with Crippen LogP contribution in [0.5, 0.6) is 5.75 Å². The van der Waals surface area contributed by atoms with Crippen molar-refractivity contribution in [2.24, 2.45) is 5.92 Å². The quantitative estimate of drug-likeness (QED) is 0.814. The van der Waals surface area contributed by atoms with E-state index in [9.17, 15) is 9.90 Å². The summed E-state index contributed by atoms with van der Waals surface area (Å²) in [7, 11) is 0. The number of hydrogen-bond donors (Lipinski definition) is 1. The molecule has 1 unspecified atom stereocenters. The van der Waals surface area contributed by atoms with Gasteiger partial charge in [-0.3, -0.25) is 4.79 Å². The third-order valence-electron chi connectivity index (χ3n) is 3.79. The van der Waals surface area contributed by atoms with Crippen molar-refractivity contribution in [3.63, 3.8) is 0 Å². The van der Waals surface area contributed by atoms with Gasteiger partial charge < -0.3 is 14.7 Å². The number of rotatable bonds is 1.